The average molecular weight is 262 g/mol. The van der Waals surface area contributed by atoms with Crippen LogP contribution in [0.2, 0.25) is 0 Å². The number of rotatable bonds is 4. The summed E-state index contributed by atoms with van der Waals surface area (Å²) in [5.41, 5.74) is 0.187. The van der Waals surface area contributed by atoms with Gasteiger partial charge in [-0.25, -0.2) is 0 Å². The van der Waals surface area contributed by atoms with Crippen molar-refractivity contribution in [1.82, 2.24) is 5.32 Å². The number of benzene rings is 1. The monoisotopic (exact) mass is 262 g/mol. The highest BCUT2D eigenvalue weighted by atomic mass is 16.6. The Labute approximate surface area is 107 Å². The van der Waals surface area contributed by atoms with Crippen LogP contribution in [0.15, 0.2) is 41.2 Å². The van der Waals surface area contributed by atoms with Gasteiger partial charge in [-0.15, -0.1) is 0 Å². The molecule has 0 spiro atoms. The van der Waals surface area contributed by atoms with E-state index in [0.29, 0.717) is 0 Å². The molecule has 0 saturated heterocycles. The molecule has 2 rings (SSSR count). The van der Waals surface area contributed by atoms with E-state index in [2.05, 4.69) is 5.32 Å². The Kier molecular flexibility index (Phi) is 3.46. The highest BCUT2D eigenvalue weighted by Gasteiger charge is 2.20. The van der Waals surface area contributed by atoms with Crippen molar-refractivity contribution < 1.29 is 19.2 Å². The van der Waals surface area contributed by atoms with Gasteiger partial charge in [0.1, 0.15) is 11.3 Å². The van der Waals surface area contributed by atoms with Crippen molar-refractivity contribution in [3.63, 3.8) is 0 Å². The van der Waals surface area contributed by atoms with E-state index in [0.717, 1.165) is 23.8 Å². The van der Waals surface area contributed by atoms with Crippen LogP contribution in [-0.4, -0.2) is 15.9 Å². The van der Waals surface area contributed by atoms with Crippen molar-refractivity contribution in [1.29, 1.82) is 0 Å². The minimum atomic E-state index is -0.674. The van der Waals surface area contributed by atoms with Crippen molar-refractivity contribution in [2.45, 2.75) is 6.54 Å². The Hall–Kier alpha value is -2.83. The number of amides is 1. The van der Waals surface area contributed by atoms with Crippen LogP contribution < -0.4 is 5.32 Å². The van der Waals surface area contributed by atoms with E-state index in [9.17, 15) is 20.0 Å². The topological polar surface area (TPSA) is 106 Å². The summed E-state index contributed by atoms with van der Waals surface area (Å²) >= 11 is 0. The lowest BCUT2D eigenvalue weighted by molar-refractivity contribution is -0.385. The molecule has 0 atom stereocenters. The maximum Gasteiger partial charge on any atom is 0.282 e. The van der Waals surface area contributed by atoms with Crippen LogP contribution in [0.5, 0.6) is 5.75 Å². The predicted molar refractivity (Wildman–Crippen MR) is 64.6 cm³/mol. The number of hydrogen-bond acceptors (Lipinski definition) is 5. The summed E-state index contributed by atoms with van der Waals surface area (Å²) in [6.45, 7) is 0.183. The standard InChI is InChI=1S/C12H10N2O5/c15-9-1-2-11(14(17)18)10(5-9)12(16)13-6-8-3-4-19-7-8/h1-5,7,15H,6H2,(H,13,16). The third kappa shape index (κ3) is 2.89. The fourth-order valence-corrected chi connectivity index (χ4v) is 1.54. The van der Waals surface area contributed by atoms with Gasteiger partial charge in [0, 0.05) is 18.2 Å². The Bertz CT molecular complexity index is 607. The number of nitrogens with zero attached hydrogens (tertiary/aromatic N) is 1. The Morgan fingerprint density at radius 2 is 2.21 bits per heavy atom. The van der Waals surface area contributed by atoms with Crippen molar-refractivity contribution in [3.8, 4) is 5.75 Å². The van der Waals surface area contributed by atoms with Crippen molar-refractivity contribution in [3.05, 3.63) is 58.0 Å². The molecule has 1 aromatic carbocycles. The quantitative estimate of drug-likeness (QED) is 0.645. The van der Waals surface area contributed by atoms with Crippen molar-refractivity contribution in [2.24, 2.45) is 0 Å². The van der Waals surface area contributed by atoms with Crippen LogP contribution in [0.1, 0.15) is 15.9 Å². The largest absolute Gasteiger partial charge is 0.508 e. The Morgan fingerprint density at radius 3 is 2.84 bits per heavy atom. The van der Waals surface area contributed by atoms with E-state index >= 15 is 0 Å². The minimum Gasteiger partial charge on any atom is -0.508 e. The van der Waals surface area contributed by atoms with E-state index in [-0.39, 0.29) is 23.5 Å². The molecule has 19 heavy (non-hydrogen) atoms. The lowest BCUT2D eigenvalue weighted by Gasteiger charge is -2.05. The van der Waals surface area contributed by atoms with Crippen LogP contribution >= 0.6 is 0 Å². The van der Waals surface area contributed by atoms with Crippen LogP contribution in [0, 0.1) is 10.1 Å². The molecule has 0 aliphatic carbocycles. The molecule has 0 bridgehead atoms. The first-order chi connectivity index (χ1) is 9.08. The van der Waals surface area contributed by atoms with Gasteiger partial charge in [-0.2, -0.15) is 0 Å². The molecule has 98 valence electrons. The molecular formula is C12H10N2O5. The van der Waals surface area contributed by atoms with Gasteiger partial charge in [-0.05, 0) is 18.2 Å². The number of phenolic OH excluding ortho intramolecular Hbond substituents is 1. The van der Waals surface area contributed by atoms with Gasteiger partial charge in [0.25, 0.3) is 11.6 Å². The van der Waals surface area contributed by atoms with E-state index in [1.807, 2.05) is 0 Å². The number of nitrogens with one attached hydrogen (secondary N) is 1. The molecule has 0 aliphatic heterocycles. The molecule has 0 saturated carbocycles. The van der Waals surface area contributed by atoms with Gasteiger partial charge in [-0.3, -0.25) is 14.9 Å². The fourth-order valence-electron chi connectivity index (χ4n) is 1.54. The summed E-state index contributed by atoms with van der Waals surface area (Å²) in [4.78, 5) is 22.0. The molecule has 2 aromatic rings. The molecule has 0 unspecified atom stereocenters. The lowest BCUT2D eigenvalue weighted by Crippen LogP contribution is -2.23. The zero-order valence-electron chi connectivity index (χ0n) is 9.70. The van der Waals surface area contributed by atoms with Crippen LogP contribution in [-0.2, 0) is 6.54 Å². The van der Waals surface area contributed by atoms with Gasteiger partial charge < -0.3 is 14.8 Å². The Balaban J connectivity index is 2.18. The van der Waals surface area contributed by atoms with E-state index in [1.165, 1.54) is 12.5 Å². The zero-order valence-corrected chi connectivity index (χ0v) is 9.70. The average Bonchev–Trinajstić information content (AvgIpc) is 2.88. The molecule has 0 aliphatic rings. The summed E-state index contributed by atoms with van der Waals surface area (Å²) in [6, 6.07) is 4.97. The van der Waals surface area contributed by atoms with Gasteiger partial charge in [0.15, 0.2) is 0 Å². The summed E-state index contributed by atoms with van der Waals surface area (Å²) in [7, 11) is 0. The highest BCUT2D eigenvalue weighted by molar-refractivity contribution is 5.98. The van der Waals surface area contributed by atoms with Crippen molar-refractivity contribution >= 4 is 11.6 Å². The summed E-state index contributed by atoms with van der Waals surface area (Å²) in [5.74, 6) is -0.845. The molecule has 0 fully saturated rings. The van der Waals surface area contributed by atoms with Gasteiger partial charge in [0.05, 0.1) is 17.4 Å². The first-order valence-electron chi connectivity index (χ1n) is 5.34. The van der Waals surface area contributed by atoms with E-state index in [4.69, 9.17) is 4.42 Å². The Morgan fingerprint density at radius 1 is 1.42 bits per heavy atom. The molecule has 2 N–H and O–H groups in total. The second-order valence-electron chi connectivity index (χ2n) is 3.77. The zero-order chi connectivity index (χ0) is 13.8. The second-order valence-corrected chi connectivity index (χ2v) is 3.77. The van der Waals surface area contributed by atoms with Crippen LogP contribution in [0.25, 0.3) is 0 Å². The number of carbonyl (C=O) groups is 1. The number of phenols is 1. The number of carbonyl (C=O) groups excluding carboxylic acids is 1. The van der Waals surface area contributed by atoms with Crippen LogP contribution in [0.4, 0.5) is 5.69 Å². The number of nitro groups is 1. The molecule has 1 heterocycles. The predicted octanol–water partition coefficient (Wildman–Crippen LogP) is 1.82. The second kappa shape index (κ2) is 5.21. The van der Waals surface area contributed by atoms with Crippen LogP contribution in [0.3, 0.4) is 0 Å². The normalized spacial score (nSPS) is 10.1. The molecular weight excluding hydrogens is 252 g/mol. The summed E-state index contributed by atoms with van der Waals surface area (Å²) < 4.78 is 4.83. The number of nitro benzene ring substituents is 1. The number of furan rings is 1. The molecule has 7 heteroatoms. The highest BCUT2D eigenvalue weighted by Crippen LogP contribution is 2.23. The molecule has 7 nitrogen and oxygen atoms in total. The maximum absolute atomic E-state index is 11.9. The smallest absolute Gasteiger partial charge is 0.282 e. The summed E-state index contributed by atoms with van der Waals surface area (Å²) in [6.07, 6.45) is 2.91. The summed E-state index contributed by atoms with van der Waals surface area (Å²) in [5, 5.41) is 22.6. The van der Waals surface area contributed by atoms with Crippen molar-refractivity contribution in [2.75, 3.05) is 0 Å². The molecule has 1 aromatic heterocycles. The molecule has 1 amide bonds. The first-order valence-corrected chi connectivity index (χ1v) is 5.34. The lowest BCUT2D eigenvalue weighted by atomic mass is 10.1. The third-order valence-electron chi connectivity index (χ3n) is 2.45. The van der Waals surface area contributed by atoms with Gasteiger partial charge in [0.2, 0.25) is 0 Å². The SMILES string of the molecule is O=C(NCc1ccoc1)c1cc(O)ccc1[N+](=O)[O-]. The first kappa shape index (κ1) is 12.6. The van der Waals surface area contributed by atoms with Gasteiger partial charge >= 0.3 is 0 Å². The molecule has 0 radical (unpaired) electrons. The van der Waals surface area contributed by atoms with E-state index in [1.54, 1.807) is 6.07 Å². The minimum absolute atomic E-state index is 0.183. The number of aromatic hydroxyl groups is 1. The third-order valence-corrected chi connectivity index (χ3v) is 2.45. The van der Waals surface area contributed by atoms with Gasteiger partial charge in [-0.1, -0.05) is 0 Å². The fraction of sp³-hybridized carbons (Fsp3) is 0.0833. The maximum atomic E-state index is 11.9. The number of hydrogen-bond donors (Lipinski definition) is 2. The van der Waals surface area contributed by atoms with E-state index < -0.39 is 10.8 Å².